The van der Waals surface area contributed by atoms with Crippen LogP contribution >= 0.6 is 15.9 Å². The van der Waals surface area contributed by atoms with Crippen molar-refractivity contribution in [3.63, 3.8) is 0 Å². The first-order valence-corrected chi connectivity index (χ1v) is 6.70. The Kier molecular flexibility index (Phi) is 3.90. The second-order valence-corrected chi connectivity index (χ2v) is 5.37. The van der Waals surface area contributed by atoms with Gasteiger partial charge in [-0.2, -0.15) is 0 Å². The third-order valence-corrected chi connectivity index (χ3v) is 3.56. The summed E-state index contributed by atoms with van der Waals surface area (Å²) >= 11 is 3.36. The molecule has 0 saturated heterocycles. The van der Waals surface area contributed by atoms with E-state index < -0.39 is 0 Å². The Morgan fingerprint density at radius 1 is 1.16 bits per heavy atom. The van der Waals surface area contributed by atoms with Gasteiger partial charge in [0.1, 0.15) is 0 Å². The fourth-order valence-corrected chi connectivity index (χ4v) is 2.29. The molecule has 0 radical (unpaired) electrons. The van der Waals surface area contributed by atoms with Crippen LogP contribution in [0.3, 0.4) is 0 Å². The van der Waals surface area contributed by atoms with Crippen molar-refractivity contribution in [2.45, 2.75) is 13.8 Å². The number of rotatable bonds is 2. The second-order valence-electron chi connectivity index (χ2n) is 4.51. The summed E-state index contributed by atoms with van der Waals surface area (Å²) in [6.45, 7) is 3.99. The average Bonchev–Trinajstić information content (AvgIpc) is 2.35. The van der Waals surface area contributed by atoms with Gasteiger partial charge in [0.15, 0.2) is 0 Å². The van der Waals surface area contributed by atoms with E-state index in [0.717, 1.165) is 15.7 Å². The SMILES string of the molecule is Cc1ccc(NC(=O)c2cc(N)ccc2Br)c(C)c1. The van der Waals surface area contributed by atoms with Crippen molar-refractivity contribution in [3.8, 4) is 0 Å². The molecule has 3 nitrogen and oxygen atoms in total. The number of nitrogen functional groups attached to an aromatic ring is 1. The summed E-state index contributed by atoms with van der Waals surface area (Å²) in [6, 6.07) is 11.1. The number of carbonyl (C=O) groups excluding carboxylic acids is 1. The minimum Gasteiger partial charge on any atom is -0.399 e. The van der Waals surface area contributed by atoms with E-state index in [1.807, 2.05) is 32.0 Å². The molecule has 0 fully saturated rings. The molecule has 0 aliphatic rings. The number of nitrogens with two attached hydrogens (primary N) is 1. The van der Waals surface area contributed by atoms with Gasteiger partial charge in [0.05, 0.1) is 5.56 Å². The first kappa shape index (κ1) is 13.6. The van der Waals surface area contributed by atoms with Crippen molar-refractivity contribution in [2.24, 2.45) is 0 Å². The Morgan fingerprint density at radius 2 is 1.89 bits per heavy atom. The summed E-state index contributed by atoms with van der Waals surface area (Å²) in [6.07, 6.45) is 0. The van der Waals surface area contributed by atoms with Gasteiger partial charge in [-0.25, -0.2) is 0 Å². The highest BCUT2D eigenvalue weighted by molar-refractivity contribution is 9.10. The van der Waals surface area contributed by atoms with Gasteiger partial charge in [0.2, 0.25) is 0 Å². The maximum absolute atomic E-state index is 12.2. The Bertz CT molecular complexity index is 638. The molecule has 0 heterocycles. The van der Waals surface area contributed by atoms with Crippen molar-refractivity contribution in [2.75, 3.05) is 11.1 Å². The molecule has 3 N–H and O–H groups in total. The lowest BCUT2D eigenvalue weighted by atomic mass is 10.1. The van der Waals surface area contributed by atoms with Crippen LogP contribution in [-0.2, 0) is 0 Å². The van der Waals surface area contributed by atoms with E-state index in [0.29, 0.717) is 11.3 Å². The van der Waals surface area contributed by atoms with E-state index in [-0.39, 0.29) is 5.91 Å². The van der Waals surface area contributed by atoms with Gasteiger partial charge in [0, 0.05) is 15.8 Å². The average molecular weight is 319 g/mol. The zero-order valence-electron chi connectivity index (χ0n) is 10.8. The van der Waals surface area contributed by atoms with Gasteiger partial charge in [-0.05, 0) is 59.6 Å². The highest BCUT2D eigenvalue weighted by atomic mass is 79.9. The van der Waals surface area contributed by atoms with Crippen LogP contribution in [0.2, 0.25) is 0 Å². The maximum Gasteiger partial charge on any atom is 0.256 e. The highest BCUT2D eigenvalue weighted by Crippen LogP contribution is 2.22. The summed E-state index contributed by atoms with van der Waals surface area (Å²) in [5.41, 5.74) is 9.81. The molecule has 98 valence electrons. The lowest BCUT2D eigenvalue weighted by Crippen LogP contribution is -2.13. The number of aryl methyl sites for hydroxylation is 2. The molecule has 1 amide bonds. The van der Waals surface area contributed by atoms with Crippen LogP contribution < -0.4 is 11.1 Å². The lowest BCUT2D eigenvalue weighted by Gasteiger charge is -2.10. The second kappa shape index (κ2) is 5.45. The largest absolute Gasteiger partial charge is 0.399 e. The van der Waals surface area contributed by atoms with Crippen molar-refractivity contribution in [1.29, 1.82) is 0 Å². The number of carbonyl (C=O) groups is 1. The van der Waals surface area contributed by atoms with Gasteiger partial charge in [-0.1, -0.05) is 17.7 Å². The first-order valence-electron chi connectivity index (χ1n) is 5.91. The quantitative estimate of drug-likeness (QED) is 0.825. The van der Waals surface area contributed by atoms with Crippen molar-refractivity contribution in [1.82, 2.24) is 0 Å². The summed E-state index contributed by atoms with van der Waals surface area (Å²) in [4.78, 5) is 12.2. The van der Waals surface area contributed by atoms with Crippen LogP contribution in [0.5, 0.6) is 0 Å². The minimum atomic E-state index is -0.175. The smallest absolute Gasteiger partial charge is 0.256 e. The van der Waals surface area contributed by atoms with Gasteiger partial charge in [-0.3, -0.25) is 4.79 Å². The Morgan fingerprint density at radius 3 is 2.58 bits per heavy atom. The third kappa shape index (κ3) is 3.15. The fourth-order valence-electron chi connectivity index (χ4n) is 1.86. The molecular weight excluding hydrogens is 304 g/mol. The molecule has 0 atom stereocenters. The standard InChI is InChI=1S/C15H15BrN2O/c1-9-3-6-14(10(2)7-9)18-15(19)12-8-11(17)4-5-13(12)16/h3-8H,17H2,1-2H3,(H,18,19). The van der Waals surface area contributed by atoms with E-state index >= 15 is 0 Å². The molecular formula is C15H15BrN2O. The molecule has 0 unspecified atom stereocenters. The monoisotopic (exact) mass is 318 g/mol. The fraction of sp³-hybridized carbons (Fsp3) is 0.133. The van der Waals surface area contributed by atoms with Gasteiger partial charge < -0.3 is 11.1 Å². The predicted molar refractivity (Wildman–Crippen MR) is 82.4 cm³/mol. The van der Waals surface area contributed by atoms with Crippen LogP contribution in [-0.4, -0.2) is 5.91 Å². The molecule has 0 aliphatic carbocycles. The first-order chi connectivity index (χ1) is 8.97. The van der Waals surface area contributed by atoms with Gasteiger partial charge in [-0.15, -0.1) is 0 Å². The molecule has 0 spiro atoms. The van der Waals surface area contributed by atoms with Crippen molar-refractivity contribution < 1.29 is 4.79 Å². The summed E-state index contributed by atoms with van der Waals surface area (Å²) in [5.74, 6) is -0.175. The molecule has 4 heteroatoms. The molecule has 0 bridgehead atoms. The maximum atomic E-state index is 12.2. The van der Waals surface area contributed by atoms with E-state index in [1.165, 1.54) is 5.56 Å². The Hall–Kier alpha value is -1.81. The van der Waals surface area contributed by atoms with Gasteiger partial charge >= 0.3 is 0 Å². The van der Waals surface area contributed by atoms with E-state index in [4.69, 9.17) is 5.73 Å². The van der Waals surface area contributed by atoms with Crippen LogP contribution in [0.25, 0.3) is 0 Å². The number of hydrogen-bond acceptors (Lipinski definition) is 2. The normalized spacial score (nSPS) is 10.3. The predicted octanol–water partition coefficient (Wildman–Crippen LogP) is 3.90. The molecule has 0 saturated carbocycles. The summed E-state index contributed by atoms with van der Waals surface area (Å²) in [5, 5.41) is 2.90. The van der Waals surface area contributed by atoms with Gasteiger partial charge in [0.25, 0.3) is 5.91 Å². The Labute approximate surface area is 121 Å². The highest BCUT2D eigenvalue weighted by Gasteiger charge is 2.11. The van der Waals surface area contributed by atoms with Crippen LogP contribution in [0.1, 0.15) is 21.5 Å². The summed E-state index contributed by atoms with van der Waals surface area (Å²) in [7, 11) is 0. The van der Waals surface area contributed by atoms with Crippen molar-refractivity contribution in [3.05, 3.63) is 57.6 Å². The molecule has 2 aromatic rings. The van der Waals surface area contributed by atoms with E-state index in [1.54, 1.807) is 18.2 Å². The van der Waals surface area contributed by atoms with Crippen LogP contribution in [0.4, 0.5) is 11.4 Å². The number of nitrogens with one attached hydrogen (secondary N) is 1. The molecule has 0 aliphatic heterocycles. The molecule has 2 rings (SSSR count). The number of benzene rings is 2. The van der Waals surface area contributed by atoms with Crippen LogP contribution in [0.15, 0.2) is 40.9 Å². The number of halogens is 1. The molecule has 0 aromatic heterocycles. The number of hydrogen-bond donors (Lipinski definition) is 2. The topological polar surface area (TPSA) is 55.1 Å². The Balaban J connectivity index is 2.28. The number of amides is 1. The zero-order valence-corrected chi connectivity index (χ0v) is 12.4. The van der Waals surface area contributed by atoms with E-state index in [2.05, 4.69) is 21.2 Å². The number of anilines is 2. The zero-order chi connectivity index (χ0) is 14.0. The van der Waals surface area contributed by atoms with Crippen LogP contribution in [0, 0.1) is 13.8 Å². The third-order valence-electron chi connectivity index (χ3n) is 2.87. The lowest BCUT2D eigenvalue weighted by molar-refractivity contribution is 0.102. The molecule has 2 aromatic carbocycles. The summed E-state index contributed by atoms with van der Waals surface area (Å²) < 4.78 is 0.726. The van der Waals surface area contributed by atoms with Crippen molar-refractivity contribution >= 4 is 33.2 Å². The van der Waals surface area contributed by atoms with E-state index in [9.17, 15) is 4.79 Å². The molecule has 19 heavy (non-hydrogen) atoms. The minimum absolute atomic E-state index is 0.175.